The SMILES string of the molecule is CCN=c1scc(-c2cccs2)n1N=Cc1ccc(OC)c(OC)c1. The number of benzene rings is 1. The van der Waals surface area contributed by atoms with Crippen molar-refractivity contribution in [3.05, 3.63) is 51.5 Å². The van der Waals surface area contributed by atoms with Gasteiger partial charge in [0, 0.05) is 11.9 Å². The number of aromatic nitrogens is 1. The second-order valence-electron chi connectivity index (χ2n) is 5.03. The summed E-state index contributed by atoms with van der Waals surface area (Å²) in [5, 5.41) is 8.81. The minimum atomic E-state index is 0.679. The molecule has 2 heterocycles. The first kappa shape index (κ1) is 17.4. The molecule has 3 rings (SSSR count). The Bertz CT molecular complexity index is 924. The average molecular weight is 374 g/mol. The molecular weight excluding hydrogens is 354 g/mol. The van der Waals surface area contributed by atoms with Gasteiger partial charge in [0.2, 0.25) is 4.80 Å². The minimum absolute atomic E-state index is 0.679. The van der Waals surface area contributed by atoms with E-state index in [2.05, 4.69) is 26.9 Å². The Labute approximate surface area is 154 Å². The van der Waals surface area contributed by atoms with Gasteiger partial charge in [0.15, 0.2) is 11.5 Å². The van der Waals surface area contributed by atoms with Crippen molar-refractivity contribution >= 4 is 28.9 Å². The largest absolute Gasteiger partial charge is 0.493 e. The molecule has 0 amide bonds. The Balaban J connectivity index is 2.01. The molecule has 0 saturated heterocycles. The van der Waals surface area contributed by atoms with Crippen LogP contribution in [0.15, 0.2) is 51.2 Å². The lowest BCUT2D eigenvalue weighted by atomic mass is 10.2. The lowest BCUT2D eigenvalue weighted by molar-refractivity contribution is 0.355. The molecule has 0 saturated carbocycles. The summed E-state index contributed by atoms with van der Waals surface area (Å²) in [6.07, 6.45) is 1.81. The van der Waals surface area contributed by atoms with Crippen molar-refractivity contribution in [3.63, 3.8) is 0 Å². The molecule has 0 fully saturated rings. The van der Waals surface area contributed by atoms with Crippen molar-refractivity contribution < 1.29 is 9.47 Å². The van der Waals surface area contributed by atoms with E-state index in [4.69, 9.17) is 9.47 Å². The van der Waals surface area contributed by atoms with E-state index in [1.54, 1.807) is 43.1 Å². The van der Waals surface area contributed by atoms with Crippen molar-refractivity contribution in [2.45, 2.75) is 6.92 Å². The van der Waals surface area contributed by atoms with Crippen LogP contribution in [0, 0.1) is 0 Å². The molecule has 1 aromatic carbocycles. The summed E-state index contributed by atoms with van der Waals surface area (Å²) in [4.78, 5) is 6.58. The molecule has 0 bridgehead atoms. The van der Waals surface area contributed by atoms with E-state index in [1.807, 2.05) is 35.9 Å². The zero-order valence-electron chi connectivity index (χ0n) is 14.3. The topological polar surface area (TPSA) is 48.1 Å². The molecule has 7 heteroatoms. The van der Waals surface area contributed by atoms with Crippen molar-refractivity contribution in [2.24, 2.45) is 10.1 Å². The van der Waals surface area contributed by atoms with E-state index in [0.29, 0.717) is 11.5 Å². The van der Waals surface area contributed by atoms with Crippen LogP contribution in [0.1, 0.15) is 12.5 Å². The molecule has 3 aromatic rings. The summed E-state index contributed by atoms with van der Waals surface area (Å²) in [6.45, 7) is 2.74. The maximum atomic E-state index is 5.35. The van der Waals surface area contributed by atoms with Crippen molar-refractivity contribution in [3.8, 4) is 22.1 Å². The Morgan fingerprint density at radius 3 is 2.64 bits per heavy atom. The van der Waals surface area contributed by atoms with Crippen LogP contribution in [0.2, 0.25) is 0 Å². The molecule has 0 aliphatic heterocycles. The Hall–Kier alpha value is -2.38. The third-order valence-electron chi connectivity index (χ3n) is 3.48. The fraction of sp³-hybridized carbons (Fsp3) is 0.222. The normalized spacial score (nSPS) is 12.0. The van der Waals surface area contributed by atoms with Crippen LogP contribution in [0.25, 0.3) is 10.6 Å². The number of nitrogens with zero attached hydrogens (tertiary/aromatic N) is 3. The van der Waals surface area contributed by atoms with Crippen LogP contribution in [0.3, 0.4) is 0 Å². The summed E-state index contributed by atoms with van der Waals surface area (Å²) < 4.78 is 12.5. The molecule has 130 valence electrons. The second kappa shape index (κ2) is 8.13. The molecule has 0 atom stereocenters. The zero-order valence-corrected chi connectivity index (χ0v) is 15.9. The molecule has 5 nitrogen and oxygen atoms in total. The highest BCUT2D eigenvalue weighted by Gasteiger charge is 2.08. The Kier molecular flexibility index (Phi) is 5.67. The average Bonchev–Trinajstić information content (AvgIpc) is 3.29. The highest BCUT2D eigenvalue weighted by atomic mass is 32.1. The zero-order chi connectivity index (χ0) is 17.6. The van der Waals surface area contributed by atoms with Gasteiger partial charge in [-0.15, -0.1) is 22.7 Å². The summed E-state index contributed by atoms with van der Waals surface area (Å²) in [5.74, 6) is 1.38. The van der Waals surface area contributed by atoms with Gasteiger partial charge in [-0.25, -0.2) is 4.68 Å². The number of thiazole rings is 1. The van der Waals surface area contributed by atoms with Crippen LogP contribution < -0.4 is 14.3 Å². The molecular formula is C18H19N3O2S2. The van der Waals surface area contributed by atoms with Gasteiger partial charge < -0.3 is 9.47 Å². The standard InChI is InChI=1S/C18H19N3O2S2/c1-4-19-18-21(14(12-25-18)17-6-5-9-24-17)20-11-13-7-8-15(22-2)16(10-13)23-3/h5-12H,4H2,1-3H3. The number of rotatable bonds is 6. The number of thiophene rings is 1. The van der Waals surface area contributed by atoms with E-state index >= 15 is 0 Å². The van der Waals surface area contributed by atoms with E-state index in [-0.39, 0.29) is 0 Å². The van der Waals surface area contributed by atoms with E-state index in [9.17, 15) is 0 Å². The molecule has 25 heavy (non-hydrogen) atoms. The predicted octanol–water partition coefficient (Wildman–Crippen LogP) is 4.10. The fourth-order valence-corrected chi connectivity index (χ4v) is 4.00. The van der Waals surface area contributed by atoms with Crippen LogP contribution in [-0.4, -0.2) is 31.7 Å². The van der Waals surface area contributed by atoms with Crippen LogP contribution in [0.4, 0.5) is 0 Å². The van der Waals surface area contributed by atoms with Gasteiger partial charge in [-0.05, 0) is 42.1 Å². The Morgan fingerprint density at radius 1 is 1.12 bits per heavy atom. The monoisotopic (exact) mass is 373 g/mol. The minimum Gasteiger partial charge on any atom is -0.493 e. The van der Waals surface area contributed by atoms with Crippen LogP contribution in [0.5, 0.6) is 11.5 Å². The quantitative estimate of drug-likeness (QED) is 0.611. The number of methoxy groups -OCH3 is 2. The first-order chi connectivity index (χ1) is 12.3. The second-order valence-corrected chi connectivity index (χ2v) is 6.81. The number of hydrogen-bond donors (Lipinski definition) is 0. The van der Waals surface area contributed by atoms with Crippen LogP contribution in [-0.2, 0) is 0 Å². The summed E-state index contributed by atoms with van der Waals surface area (Å²) >= 11 is 3.28. The molecule has 0 aliphatic carbocycles. The van der Waals surface area contributed by atoms with Gasteiger partial charge in [0.1, 0.15) is 0 Å². The van der Waals surface area contributed by atoms with Gasteiger partial charge in [-0.2, -0.15) is 5.10 Å². The van der Waals surface area contributed by atoms with E-state index in [0.717, 1.165) is 22.6 Å². The first-order valence-electron chi connectivity index (χ1n) is 7.78. The Morgan fingerprint density at radius 2 is 1.96 bits per heavy atom. The maximum absolute atomic E-state index is 5.35. The first-order valence-corrected chi connectivity index (χ1v) is 9.54. The fourth-order valence-electron chi connectivity index (χ4n) is 2.31. The van der Waals surface area contributed by atoms with E-state index < -0.39 is 0 Å². The van der Waals surface area contributed by atoms with Crippen molar-refractivity contribution in [2.75, 3.05) is 20.8 Å². The smallest absolute Gasteiger partial charge is 0.206 e. The van der Waals surface area contributed by atoms with Gasteiger partial charge in [-0.1, -0.05) is 6.07 Å². The van der Waals surface area contributed by atoms with Gasteiger partial charge in [0.05, 0.1) is 31.0 Å². The lowest BCUT2D eigenvalue weighted by Crippen LogP contribution is -2.12. The van der Waals surface area contributed by atoms with Gasteiger partial charge in [0.25, 0.3) is 0 Å². The van der Waals surface area contributed by atoms with Gasteiger partial charge in [-0.3, -0.25) is 4.99 Å². The molecule has 2 aromatic heterocycles. The van der Waals surface area contributed by atoms with Crippen LogP contribution >= 0.6 is 22.7 Å². The van der Waals surface area contributed by atoms with Crippen molar-refractivity contribution in [1.82, 2.24) is 4.68 Å². The molecule has 0 N–H and O–H groups in total. The number of hydrogen-bond acceptors (Lipinski definition) is 6. The van der Waals surface area contributed by atoms with Crippen molar-refractivity contribution in [1.29, 1.82) is 0 Å². The number of ether oxygens (including phenoxy) is 2. The molecule has 0 radical (unpaired) electrons. The third kappa shape index (κ3) is 3.83. The molecule has 0 spiro atoms. The summed E-state index contributed by atoms with van der Waals surface area (Å²) in [6, 6.07) is 9.84. The lowest BCUT2D eigenvalue weighted by Gasteiger charge is -2.07. The molecule has 0 unspecified atom stereocenters. The molecule has 0 aliphatic rings. The van der Waals surface area contributed by atoms with Gasteiger partial charge >= 0.3 is 0 Å². The maximum Gasteiger partial charge on any atom is 0.206 e. The predicted molar refractivity (Wildman–Crippen MR) is 104 cm³/mol. The highest BCUT2D eigenvalue weighted by Crippen LogP contribution is 2.27. The summed E-state index contributed by atoms with van der Waals surface area (Å²) in [7, 11) is 3.25. The van der Waals surface area contributed by atoms with E-state index in [1.165, 1.54) is 4.88 Å². The highest BCUT2D eigenvalue weighted by molar-refractivity contribution is 7.14. The summed E-state index contributed by atoms with van der Waals surface area (Å²) in [5.41, 5.74) is 1.97. The third-order valence-corrected chi connectivity index (χ3v) is 5.23.